The first-order valence-electron chi connectivity index (χ1n) is 18.3. The van der Waals surface area contributed by atoms with E-state index in [9.17, 15) is 0 Å². The molecule has 0 aliphatic rings. The standard InChI is InChI=1S/4C9H21P.2Re.8H/c4*1-4-7-10(8-5-2)9-6-3;;;;;;;;;;/h4*4-9H2,1-3H3;;;;;;;;;;. The van der Waals surface area contributed by atoms with Gasteiger partial charge in [-0.3, -0.25) is 0 Å². The molecule has 0 N–H and O–H groups in total. The van der Waals surface area contributed by atoms with Gasteiger partial charge in [0, 0.05) is 0 Å². The maximum absolute atomic E-state index is 2.31. The van der Waals surface area contributed by atoms with Gasteiger partial charge in [0.25, 0.3) is 0 Å². The Balaban J connectivity index is -0.000000101. The van der Waals surface area contributed by atoms with Crippen molar-refractivity contribution >= 4 is 31.7 Å². The normalized spacial score (nSPS) is 10.3. The van der Waals surface area contributed by atoms with Crippen LogP contribution in [0.4, 0.5) is 0 Å². The third kappa shape index (κ3) is 49.9. The first-order valence-corrected chi connectivity index (χ1v) is 25.9. The molecule has 42 heavy (non-hydrogen) atoms. The summed E-state index contributed by atoms with van der Waals surface area (Å²) in [6.45, 7) is 27.7. The van der Waals surface area contributed by atoms with Crippen LogP contribution in [0.25, 0.3) is 0 Å². The fraction of sp³-hybridized carbons (Fsp3) is 1.00. The Kier molecular flexibility index (Phi) is 73.1. The first kappa shape index (κ1) is 57.3. The van der Waals surface area contributed by atoms with Crippen LogP contribution in [0.5, 0.6) is 0 Å². The van der Waals surface area contributed by atoms with Crippen molar-refractivity contribution < 1.29 is 40.8 Å². The predicted molar refractivity (Wildman–Crippen MR) is 221 cm³/mol. The molecular weight excluding hydrogens is 929 g/mol. The van der Waals surface area contributed by atoms with Crippen LogP contribution in [0.3, 0.4) is 0 Å². The van der Waals surface area contributed by atoms with E-state index in [1.165, 1.54) is 151 Å². The zero-order chi connectivity index (χ0) is 31.3. The zero-order valence-corrected chi connectivity index (χ0v) is 43.8. The Hall–Kier alpha value is 3.04. The summed E-state index contributed by atoms with van der Waals surface area (Å²) in [5.74, 6) is 0. The summed E-state index contributed by atoms with van der Waals surface area (Å²) in [6.07, 6.45) is 34.9. The molecule has 0 saturated carbocycles. The minimum atomic E-state index is 0. The van der Waals surface area contributed by atoms with Gasteiger partial charge < -0.3 is 0 Å². The monoisotopic (exact) mass is 1020 g/mol. The summed E-state index contributed by atoms with van der Waals surface area (Å²) in [6, 6.07) is 0. The van der Waals surface area contributed by atoms with Crippen LogP contribution in [0.1, 0.15) is 160 Å². The van der Waals surface area contributed by atoms with E-state index in [-0.39, 0.29) is 40.8 Å². The van der Waals surface area contributed by atoms with Gasteiger partial charge in [0.2, 0.25) is 0 Å². The molecule has 0 rings (SSSR count). The fourth-order valence-corrected chi connectivity index (χ4v) is 15.4. The van der Waals surface area contributed by atoms with E-state index < -0.39 is 0 Å². The molecule has 0 aliphatic heterocycles. The van der Waals surface area contributed by atoms with Crippen LogP contribution in [-0.4, -0.2) is 73.9 Å². The van der Waals surface area contributed by atoms with E-state index >= 15 is 0 Å². The molecule has 270 valence electrons. The molecule has 0 fully saturated rings. The van der Waals surface area contributed by atoms with Crippen LogP contribution in [0.15, 0.2) is 0 Å². The Morgan fingerprint density at radius 2 is 0.262 bits per heavy atom. The van der Waals surface area contributed by atoms with Gasteiger partial charge in [-0.05, 0) is 73.9 Å². The number of rotatable bonds is 24. The Morgan fingerprint density at radius 3 is 0.310 bits per heavy atom. The molecule has 0 nitrogen and oxygen atoms in total. The summed E-state index contributed by atoms with van der Waals surface area (Å²) in [5.41, 5.74) is 0. The Morgan fingerprint density at radius 1 is 0.190 bits per heavy atom. The molecule has 0 heterocycles. The fourth-order valence-electron chi connectivity index (χ4n) is 5.14. The molecular formula is C36H92P4Re2. The molecule has 6 heteroatoms. The molecule has 0 atom stereocenters. The van der Waals surface area contributed by atoms with Crippen molar-refractivity contribution in [2.75, 3.05) is 73.9 Å². The van der Waals surface area contributed by atoms with E-state index in [2.05, 4.69) is 83.1 Å². The van der Waals surface area contributed by atoms with Crippen molar-refractivity contribution in [3.05, 3.63) is 0 Å². The SMILES string of the molecule is CCCP(CCC)CCC.CCCP(CCC)CCC.CCCP(CCC)CCC.CCCP(CCC)CCC.[ReH4].[ReH4]. The predicted octanol–water partition coefficient (Wildman–Crippen LogP) is 12.6. The van der Waals surface area contributed by atoms with E-state index in [1.54, 1.807) is 0 Å². The van der Waals surface area contributed by atoms with Gasteiger partial charge in [-0.15, -0.1) is 31.7 Å². The molecule has 0 bridgehead atoms. The van der Waals surface area contributed by atoms with Crippen LogP contribution >= 0.6 is 31.7 Å². The average Bonchev–Trinajstić information content (AvgIpc) is 2.92. The van der Waals surface area contributed by atoms with Crippen LogP contribution in [-0.2, 0) is 40.8 Å². The number of hydrogen-bond acceptors (Lipinski definition) is 0. The van der Waals surface area contributed by atoms with Crippen molar-refractivity contribution in [3.63, 3.8) is 0 Å². The van der Waals surface area contributed by atoms with Gasteiger partial charge in [0.1, 0.15) is 0 Å². The van der Waals surface area contributed by atoms with Gasteiger partial charge >= 0.3 is 40.8 Å². The van der Waals surface area contributed by atoms with Gasteiger partial charge in [0.15, 0.2) is 0 Å². The van der Waals surface area contributed by atoms with Crippen molar-refractivity contribution in [3.8, 4) is 0 Å². The van der Waals surface area contributed by atoms with E-state index in [0.29, 0.717) is 31.7 Å². The molecule has 0 aromatic rings. The topological polar surface area (TPSA) is 0 Å². The molecule has 2 radical (unpaired) electrons. The van der Waals surface area contributed by atoms with Gasteiger partial charge in [-0.1, -0.05) is 160 Å². The van der Waals surface area contributed by atoms with Gasteiger partial charge in [-0.2, -0.15) is 0 Å². The van der Waals surface area contributed by atoms with E-state index in [1.807, 2.05) is 0 Å². The molecule has 0 unspecified atom stereocenters. The summed E-state index contributed by atoms with van der Waals surface area (Å²) in [4.78, 5) is 0. The zero-order valence-electron chi connectivity index (χ0n) is 31.9. The van der Waals surface area contributed by atoms with Crippen molar-refractivity contribution in [1.82, 2.24) is 0 Å². The second-order valence-electron chi connectivity index (χ2n) is 11.4. The van der Waals surface area contributed by atoms with Gasteiger partial charge in [-0.25, -0.2) is 0 Å². The number of hydrogen-bond donors (Lipinski definition) is 0. The Labute approximate surface area is 304 Å². The molecule has 0 aromatic heterocycles. The molecule has 0 aliphatic carbocycles. The van der Waals surface area contributed by atoms with E-state index in [4.69, 9.17) is 0 Å². The first-order chi connectivity index (χ1) is 19.4. The molecule has 0 spiro atoms. The van der Waals surface area contributed by atoms with Crippen molar-refractivity contribution in [1.29, 1.82) is 0 Å². The molecule has 0 aromatic carbocycles. The summed E-state index contributed by atoms with van der Waals surface area (Å²) in [7, 11) is 1.76. The molecule has 0 saturated heterocycles. The second kappa shape index (κ2) is 53.5. The Bertz CT molecular complexity index is 274. The average molecular weight is 1020 g/mol. The van der Waals surface area contributed by atoms with Crippen molar-refractivity contribution in [2.24, 2.45) is 0 Å². The molecule has 0 amide bonds. The van der Waals surface area contributed by atoms with Crippen LogP contribution < -0.4 is 0 Å². The second-order valence-corrected chi connectivity index (χ2v) is 22.1. The van der Waals surface area contributed by atoms with Crippen molar-refractivity contribution in [2.45, 2.75) is 160 Å². The summed E-state index contributed by atoms with van der Waals surface area (Å²) >= 11 is 0. The van der Waals surface area contributed by atoms with E-state index in [0.717, 1.165) is 0 Å². The van der Waals surface area contributed by atoms with Gasteiger partial charge in [0.05, 0.1) is 0 Å². The third-order valence-electron chi connectivity index (χ3n) is 6.48. The minimum absolute atomic E-state index is 0. The van der Waals surface area contributed by atoms with Crippen LogP contribution in [0, 0.1) is 0 Å². The third-order valence-corrected chi connectivity index (χ3v) is 19.4. The van der Waals surface area contributed by atoms with Crippen LogP contribution in [0.2, 0.25) is 0 Å². The quantitative estimate of drug-likeness (QED) is 0.0846. The summed E-state index contributed by atoms with van der Waals surface area (Å²) in [5, 5.41) is 0. The summed E-state index contributed by atoms with van der Waals surface area (Å²) < 4.78 is 0. The maximum atomic E-state index is 2.31.